The van der Waals surface area contributed by atoms with Crippen LogP contribution in [0.15, 0.2) is 24.3 Å². The summed E-state index contributed by atoms with van der Waals surface area (Å²) in [6.07, 6.45) is 5.01. The predicted molar refractivity (Wildman–Crippen MR) is 59.8 cm³/mol. The first-order valence-corrected chi connectivity index (χ1v) is 4.85. The lowest BCUT2D eigenvalue weighted by Gasteiger charge is -2.02. The Bertz CT molecular complexity index is 318. The fourth-order valence-corrected chi connectivity index (χ4v) is 1.27. The molecule has 0 aliphatic rings. The predicted octanol–water partition coefficient (Wildman–Crippen LogP) is 1.85. The first kappa shape index (κ1) is 11.0. The van der Waals surface area contributed by atoms with Gasteiger partial charge in [0.1, 0.15) is 0 Å². The van der Waals surface area contributed by atoms with E-state index in [2.05, 4.69) is 19.1 Å². The molecule has 1 rings (SSSR count). The monoisotopic (exact) mass is 191 g/mol. The minimum absolute atomic E-state index is 0.0952. The van der Waals surface area contributed by atoms with Gasteiger partial charge in [-0.1, -0.05) is 24.3 Å². The zero-order chi connectivity index (χ0) is 10.4. The summed E-state index contributed by atoms with van der Waals surface area (Å²) in [4.78, 5) is 0. The molecular weight excluding hydrogens is 174 g/mol. The van der Waals surface area contributed by atoms with Crippen molar-refractivity contribution in [2.75, 3.05) is 6.54 Å². The van der Waals surface area contributed by atoms with Crippen molar-refractivity contribution in [3.63, 3.8) is 0 Å². The highest BCUT2D eigenvalue weighted by molar-refractivity contribution is 5.54. The smallest absolute Gasteiger partial charge is 0.0682 e. The van der Waals surface area contributed by atoms with Crippen molar-refractivity contribution in [3.05, 3.63) is 41.0 Å². The molecule has 1 aromatic carbocycles. The van der Waals surface area contributed by atoms with Crippen LogP contribution in [0.4, 0.5) is 0 Å². The third-order valence-electron chi connectivity index (χ3n) is 2.16. The summed E-state index contributed by atoms with van der Waals surface area (Å²) in [5.41, 5.74) is 8.72. The van der Waals surface area contributed by atoms with E-state index in [1.807, 2.05) is 18.2 Å². The molecule has 0 saturated heterocycles. The van der Waals surface area contributed by atoms with Gasteiger partial charge in [0, 0.05) is 0 Å². The second kappa shape index (κ2) is 5.58. The van der Waals surface area contributed by atoms with Crippen molar-refractivity contribution in [1.82, 2.24) is 0 Å². The Morgan fingerprint density at radius 2 is 2.21 bits per heavy atom. The Labute approximate surface area is 85.1 Å². The number of aryl methyl sites for hydroxylation is 1. The lowest BCUT2D eigenvalue weighted by atomic mass is 10.0. The summed E-state index contributed by atoms with van der Waals surface area (Å²) in [6, 6.07) is 5.96. The van der Waals surface area contributed by atoms with Crippen molar-refractivity contribution < 1.29 is 5.11 Å². The molecule has 0 heterocycles. The number of benzene rings is 1. The SMILES string of the molecule is Cc1ccc(CO)cc1C=CCCN. The number of aliphatic hydroxyl groups is 1. The quantitative estimate of drug-likeness (QED) is 0.763. The topological polar surface area (TPSA) is 46.2 Å². The molecule has 76 valence electrons. The van der Waals surface area contributed by atoms with E-state index < -0.39 is 0 Å². The first-order chi connectivity index (χ1) is 6.77. The van der Waals surface area contributed by atoms with Crippen LogP contribution in [0.5, 0.6) is 0 Å². The summed E-state index contributed by atoms with van der Waals surface area (Å²) in [5, 5.41) is 8.98. The van der Waals surface area contributed by atoms with E-state index in [0.29, 0.717) is 6.54 Å². The Balaban J connectivity index is 2.83. The molecule has 2 heteroatoms. The van der Waals surface area contributed by atoms with Crippen LogP contribution in [-0.2, 0) is 6.61 Å². The number of hydrogen-bond acceptors (Lipinski definition) is 2. The molecule has 0 spiro atoms. The Morgan fingerprint density at radius 1 is 1.43 bits per heavy atom. The fraction of sp³-hybridized carbons (Fsp3) is 0.333. The number of nitrogens with two attached hydrogens (primary N) is 1. The highest BCUT2D eigenvalue weighted by Crippen LogP contribution is 2.13. The lowest BCUT2D eigenvalue weighted by molar-refractivity contribution is 0.282. The molecule has 0 unspecified atom stereocenters. The van der Waals surface area contributed by atoms with Gasteiger partial charge >= 0.3 is 0 Å². The van der Waals surface area contributed by atoms with Crippen molar-refractivity contribution in [1.29, 1.82) is 0 Å². The van der Waals surface area contributed by atoms with Crippen molar-refractivity contribution in [2.45, 2.75) is 20.0 Å². The average Bonchev–Trinajstić information content (AvgIpc) is 2.21. The molecule has 0 atom stereocenters. The van der Waals surface area contributed by atoms with Gasteiger partial charge in [-0.3, -0.25) is 0 Å². The molecule has 3 N–H and O–H groups in total. The molecule has 0 fully saturated rings. The number of hydrogen-bond donors (Lipinski definition) is 2. The minimum Gasteiger partial charge on any atom is -0.392 e. The summed E-state index contributed by atoms with van der Waals surface area (Å²) >= 11 is 0. The molecule has 2 nitrogen and oxygen atoms in total. The van der Waals surface area contributed by atoms with E-state index in [1.165, 1.54) is 5.56 Å². The first-order valence-electron chi connectivity index (χ1n) is 4.85. The van der Waals surface area contributed by atoms with Gasteiger partial charge in [0.05, 0.1) is 6.61 Å². The van der Waals surface area contributed by atoms with E-state index in [-0.39, 0.29) is 6.61 Å². The van der Waals surface area contributed by atoms with Crippen LogP contribution in [0.1, 0.15) is 23.1 Å². The van der Waals surface area contributed by atoms with Crippen LogP contribution in [0.3, 0.4) is 0 Å². The fourth-order valence-electron chi connectivity index (χ4n) is 1.27. The maximum absolute atomic E-state index is 8.98. The Hall–Kier alpha value is -1.12. The Morgan fingerprint density at radius 3 is 2.86 bits per heavy atom. The highest BCUT2D eigenvalue weighted by atomic mass is 16.3. The van der Waals surface area contributed by atoms with Gasteiger partial charge in [-0.25, -0.2) is 0 Å². The number of rotatable bonds is 4. The number of aliphatic hydroxyl groups excluding tert-OH is 1. The maximum Gasteiger partial charge on any atom is 0.0682 e. The van der Waals surface area contributed by atoms with Crippen LogP contribution >= 0.6 is 0 Å². The van der Waals surface area contributed by atoms with Crippen molar-refractivity contribution in [2.24, 2.45) is 5.73 Å². The van der Waals surface area contributed by atoms with E-state index in [0.717, 1.165) is 17.5 Å². The molecule has 0 saturated carbocycles. The van der Waals surface area contributed by atoms with Crippen molar-refractivity contribution in [3.8, 4) is 0 Å². The molecule has 0 aliphatic carbocycles. The van der Waals surface area contributed by atoms with Crippen LogP contribution in [0.2, 0.25) is 0 Å². The molecule has 0 aromatic heterocycles. The molecule has 0 radical (unpaired) electrons. The van der Waals surface area contributed by atoms with E-state index in [1.54, 1.807) is 0 Å². The molecule has 0 amide bonds. The third-order valence-corrected chi connectivity index (χ3v) is 2.16. The van der Waals surface area contributed by atoms with Gasteiger partial charge in [0.2, 0.25) is 0 Å². The van der Waals surface area contributed by atoms with Gasteiger partial charge in [-0.2, -0.15) is 0 Å². The molecule has 14 heavy (non-hydrogen) atoms. The van der Waals surface area contributed by atoms with E-state index in [9.17, 15) is 0 Å². The largest absolute Gasteiger partial charge is 0.392 e. The molecule has 1 aromatic rings. The highest BCUT2D eigenvalue weighted by Gasteiger charge is 1.95. The lowest BCUT2D eigenvalue weighted by Crippen LogP contribution is -1.95. The minimum atomic E-state index is 0.0952. The van der Waals surface area contributed by atoms with E-state index >= 15 is 0 Å². The summed E-state index contributed by atoms with van der Waals surface area (Å²) in [5.74, 6) is 0. The van der Waals surface area contributed by atoms with Gasteiger partial charge in [-0.15, -0.1) is 0 Å². The molecule has 0 aliphatic heterocycles. The summed E-state index contributed by atoms with van der Waals surface area (Å²) in [7, 11) is 0. The normalized spacial score (nSPS) is 11.1. The zero-order valence-electron chi connectivity index (χ0n) is 8.53. The van der Waals surface area contributed by atoms with Crippen LogP contribution in [-0.4, -0.2) is 11.7 Å². The van der Waals surface area contributed by atoms with Crippen LogP contribution in [0, 0.1) is 6.92 Å². The average molecular weight is 191 g/mol. The van der Waals surface area contributed by atoms with Gasteiger partial charge in [0.25, 0.3) is 0 Å². The van der Waals surface area contributed by atoms with Crippen LogP contribution < -0.4 is 5.73 Å². The summed E-state index contributed by atoms with van der Waals surface area (Å²) in [6.45, 7) is 2.83. The second-order valence-corrected chi connectivity index (χ2v) is 3.33. The summed E-state index contributed by atoms with van der Waals surface area (Å²) < 4.78 is 0. The van der Waals surface area contributed by atoms with Gasteiger partial charge < -0.3 is 10.8 Å². The van der Waals surface area contributed by atoms with Gasteiger partial charge in [0.15, 0.2) is 0 Å². The van der Waals surface area contributed by atoms with Crippen LogP contribution in [0.25, 0.3) is 6.08 Å². The van der Waals surface area contributed by atoms with Gasteiger partial charge in [-0.05, 0) is 42.6 Å². The third kappa shape index (κ3) is 2.98. The maximum atomic E-state index is 8.98. The molecule has 0 bridgehead atoms. The Kier molecular flexibility index (Phi) is 4.36. The molecular formula is C12H17NO. The van der Waals surface area contributed by atoms with Crippen molar-refractivity contribution >= 4 is 6.08 Å². The second-order valence-electron chi connectivity index (χ2n) is 3.33. The van der Waals surface area contributed by atoms with E-state index in [4.69, 9.17) is 10.8 Å². The standard InChI is InChI=1S/C12H17NO/c1-10-5-6-11(9-14)8-12(10)4-2-3-7-13/h2,4-6,8,14H,3,7,9,13H2,1H3. The zero-order valence-corrected chi connectivity index (χ0v) is 8.53.